The van der Waals surface area contributed by atoms with Crippen LogP contribution in [0.4, 0.5) is 4.39 Å². The molecule has 1 nitrogen and oxygen atoms in total. The molecule has 1 aliphatic carbocycles. The summed E-state index contributed by atoms with van der Waals surface area (Å²) in [5, 5.41) is 4.60. The zero-order valence-electron chi connectivity index (χ0n) is 12.0. The van der Waals surface area contributed by atoms with E-state index in [2.05, 4.69) is 24.0 Å². The molecule has 0 bridgehead atoms. The standard InChI is InChI=1S/C16H23ClFNS/c1-2-19-13(11-20-14-7-3-4-8-14)10-12-6-5-9-15(18)16(12)17/h5-6,9,13-14,19H,2-4,7-8,10-11H2,1H3. The van der Waals surface area contributed by atoms with Gasteiger partial charge in [-0.05, 0) is 37.4 Å². The molecule has 112 valence electrons. The zero-order chi connectivity index (χ0) is 14.4. The van der Waals surface area contributed by atoms with Crippen molar-refractivity contribution in [1.29, 1.82) is 0 Å². The third-order valence-electron chi connectivity index (χ3n) is 3.83. The van der Waals surface area contributed by atoms with E-state index in [1.54, 1.807) is 6.07 Å². The van der Waals surface area contributed by atoms with Crippen LogP contribution >= 0.6 is 23.4 Å². The first-order valence-corrected chi connectivity index (χ1v) is 8.91. The van der Waals surface area contributed by atoms with E-state index in [0.717, 1.165) is 29.5 Å². The Morgan fingerprint density at radius 3 is 2.85 bits per heavy atom. The van der Waals surface area contributed by atoms with E-state index in [0.29, 0.717) is 6.04 Å². The largest absolute Gasteiger partial charge is 0.313 e. The number of hydrogen-bond donors (Lipinski definition) is 1. The van der Waals surface area contributed by atoms with Gasteiger partial charge in [0.2, 0.25) is 0 Å². The molecule has 1 aliphatic rings. The first-order chi connectivity index (χ1) is 9.70. The number of halogens is 2. The first kappa shape index (κ1) is 16.1. The minimum Gasteiger partial charge on any atom is -0.313 e. The van der Waals surface area contributed by atoms with Crippen molar-refractivity contribution in [2.24, 2.45) is 0 Å². The van der Waals surface area contributed by atoms with Crippen LogP contribution in [-0.4, -0.2) is 23.6 Å². The van der Waals surface area contributed by atoms with Gasteiger partial charge in [-0.25, -0.2) is 4.39 Å². The first-order valence-electron chi connectivity index (χ1n) is 7.48. The molecular formula is C16H23ClFNS. The van der Waals surface area contributed by atoms with E-state index in [-0.39, 0.29) is 10.8 Å². The van der Waals surface area contributed by atoms with Gasteiger partial charge >= 0.3 is 0 Å². The number of rotatable bonds is 7. The number of hydrogen-bond acceptors (Lipinski definition) is 2. The van der Waals surface area contributed by atoms with E-state index < -0.39 is 0 Å². The summed E-state index contributed by atoms with van der Waals surface area (Å²) in [6, 6.07) is 5.45. The van der Waals surface area contributed by atoms with Crippen LogP contribution in [0.5, 0.6) is 0 Å². The van der Waals surface area contributed by atoms with Crippen molar-refractivity contribution in [2.75, 3.05) is 12.3 Å². The van der Waals surface area contributed by atoms with E-state index in [4.69, 9.17) is 11.6 Å². The minimum absolute atomic E-state index is 0.279. The Morgan fingerprint density at radius 1 is 1.40 bits per heavy atom. The molecular weight excluding hydrogens is 293 g/mol. The predicted molar refractivity (Wildman–Crippen MR) is 87.3 cm³/mol. The SMILES string of the molecule is CCNC(CSC1CCCC1)Cc1cccc(F)c1Cl. The molecule has 0 aromatic heterocycles. The Kier molecular flexibility index (Phi) is 6.66. The van der Waals surface area contributed by atoms with Crippen LogP contribution < -0.4 is 5.32 Å². The third-order valence-corrected chi connectivity index (χ3v) is 5.79. The number of nitrogens with one attached hydrogen (secondary N) is 1. The van der Waals surface area contributed by atoms with Crippen molar-refractivity contribution in [1.82, 2.24) is 5.32 Å². The lowest BCUT2D eigenvalue weighted by atomic mass is 10.1. The van der Waals surface area contributed by atoms with Gasteiger partial charge in [-0.1, -0.05) is 43.5 Å². The number of benzene rings is 1. The van der Waals surface area contributed by atoms with Crippen LogP contribution in [0.2, 0.25) is 5.02 Å². The average molecular weight is 316 g/mol. The Balaban J connectivity index is 1.92. The van der Waals surface area contributed by atoms with Gasteiger partial charge < -0.3 is 5.32 Å². The highest BCUT2D eigenvalue weighted by Gasteiger charge is 2.18. The van der Waals surface area contributed by atoms with Gasteiger partial charge in [0.25, 0.3) is 0 Å². The maximum absolute atomic E-state index is 13.5. The van der Waals surface area contributed by atoms with Gasteiger partial charge in [0.05, 0.1) is 5.02 Å². The Hall–Kier alpha value is -0.250. The topological polar surface area (TPSA) is 12.0 Å². The fourth-order valence-electron chi connectivity index (χ4n) is 2.76. The highest BCUT2D eigenvalue weighted by molar-refractivity contribution is 7.99. The van der Waals surface area contributed by atoms with Gasteiger partial charge in [0.1, 0.15) is 5.82 Å². The predicted octanol–water partition coefficient (Wildman–Crippen LogP) is 4.68. The summed E-state index contributed by atoms with van der Waals surface area (Å²) >= 11 is 8.12. The quantitative estimate of drug-likeness (QED) is 0.784. The smallest absolute Gasteiger partial charge is 0.142 e. The lowest BCUT2D eigenvalue weighted by Gasteiger charge is -2.20. The maximum atomic E-state index is 13.5. The molecule has 0 saturated heterocycles. The van der Waals surface area contributed by atoms with Crippen molar-refractivity contribution < 1.29 is 4.39 Å². The molecule has 0 radical (unpaired) electrons. The second-order valence-electron chi connectivity index (χ2n) is 5.41. The molecule has 0 aliphatic heterocycles. The van der Waals surface area contributed by atoms with E-state index in [9.17, 15) is 4.39 Å². The molecule has 1 saturated carbocycles. The van der Waals surface area contributed by atoms with Crippen molar-refractivity contribution >= 4 is 23.4 Å². The monoisotopic (exact) mass is 315 g/mol. The number of likely N-dealkylation sites (N-methyl/N-ethyl adjacent to an activating group) is 1. The Bertz CT molecular complexity index is 421. The lowest BCUT2D eigenvalue weighted by Crippen LogP contribution is -2.34. The molecule has 2 rings (SSSR count). The minimum atomic E-state index is -0.317. The van der Waals surface area contributed by atoms with Gasteiger partial charge in [-0.2, -0.15) is 11.8 Å². The second kappa shape index (κ2) is 8.26. The van der Waals surface area contributed by atoms with Crippen LogP contribution in [0.1, 0.15) is 38.2 Å². The summed E-state index contributed by atoms with van der Waals surface area (Å²) in [5.74, 6) is 0.758. The second-order valence-corrected chi connectivity index (χ2v) is 7.12. The van der Waals surface area contributed by atoms with Crippen LogP contribution in [0.15, 0.2) is 18.2 Å². The van der Waals surface area contributed by atoms with Gasteiger partial charge in [-0.3, -0.25) is 0 Å². The fourth-order valence-corrected chi connectivity index (χ4v) is 4.37. The van der Waals surface area contributed by atoms with Crippen molar-refractivity contribution in [3.8, 4) is 0 Å². The molecule has 0 spiro atoms. The zero-order valence-corrected chi connectivity index (χ0v) is 13.6. The highest BCUT2D eigenvalue weighted by atomic mass is 35.5. The van der Waals surface area contributed by atoms with Gasteiger partial charge in [0.15, 0.2) is 0 Å². The summed E-state index contributed by atoms with van der Waals surface area (Å²) in [7, 11) is 0. The molecule has 1 N–H and O–H groups in total. The van der Waals surface area contributed by atoms with Crippen LogP contribution in [0, 0.1) is 5.82 Å². The van der Waals surface area contributed by atoms with Gasteiger partial charge in [-0.15, -0.1) is 0 Å². The lowest BCUT2D eigenvalue weighted by molar-refractivity contribution is 0.567. The van der Waals surface area contributed by atoms with Crippen molar-refractivity contribution in [3.05, 3.63) is 34.6 Å². The molecule has 0 amide bonds. The van der Waals surface area contributed by atoms with Crippen molar-refractivity contribution in [2.45, 2.75) is 50.3 Å². The molecule has 4 heteroatoms. The summed E-state index contributed by atoms with van der Waals surface area (Å²) < 4.78 is 13.5. The van der Waals surface area contributed by atoms with Gasteiger partial charge in [0, 0.05) is 17.0 Å². The van der Waals surface area contributed by atoms with E-state index in [1.807, 2.05) is 6.07 Å². The molecule has 1 fully saturated rings. The maximum Gasteiger partial charge on any atom is 0.142 e. The Morgan fingerprint density at radius 2 is 2.15 bits per heavy atom. The van der Waals surface area contributed by atoms with E-state index >= 15 is 0 Å². The third kappa shape index (κ3) is 4.64. The van der Waals surface area contributed by atoms with E-state index in [1.165, 1.54) is 31.7 Å². The van der Waals surface area contributed by atoms with Crippen LogP contribution in [0.3, 0.4) is 0 Å². The average Bonchev–Trinajstić information content (AvgIpc) is 2.94. The summed E-state index contributed by atoms with van der Waals surface area (Å²) in [5.41, 5.74) is 0.907. The Labute approximate surface area is 130 Å². The molecule has 20 heavy (non-hydrogen) atoms. The summed E-state index contributed by atoms with van der Waals surface area (Å²) in [4.78, 5) is 0. The number of thioether (sulfide) groups is 1. The highest BCUT2D eigenvalue weighted by Crippen LogP contribution is 2.30. The summed E-state index contributed by atoms with van der Waals surface area (Å²) in [6.45, 7) is 3.04. The van der Waals surface area contributed by atoms with Crippen LogP contribution in [-0.2, 0) is 6.42 Å². The molecule has 1 aromatic carbocycles. The molecule has 1 unspecified atom stereocenters. The van der Waals surface area contributed by atoms with Crippen molar-refractivity contribution in [3.63, 3.8) is 0 Å². The van der Waals surface area contributed by atoms with Crippen LogP contribution in [0.25, 0.3) is 0 Å². The molecule has 1 aromatic rings. The molecule has 0 heterocycles. The summed E-state index contributed by atoms with van der Waals surface area (Å²) in [6.07, 6.45) is 6.25. The molecule has 1 atom stereocenters. The fraction of sp³-hybridized carbons (Fsp3) is 0.625. The normalized spacial score (nSPS) is 17.6.